The minimum absolute atomic E-state index is 0.273. The Morgan fingerprint density at radius 1 is 1.00 bits per heavy atom. The molecule has 0 spiro atoms. The van der Waals surface area contributed by atoms with Crippen LogP contribution in [0.3, 0.4) is 0 Å². The molecule has 0 amide bonds. The topological polar surface area (TPSA) is 99.9 Å². The fourth-order valence-corrected chi connectivity index (χ4v) is 3.94. The molecule has 168 valence electrons. The SMILES string of the molecule is Cc1nc(-c2cnn(C)c2CNc2nccc(OC3CC3)n2)ncc1OC1CCCCC1. The Morgan fingerprint density at radius 3 is 2.59 bits per heavy atom. The zero-order valence-electron chi connectivity index (χ0n) is 18.6. The van der Waals surface area contributed by atoms with E-state index in [1.807, 2.05) is 18.7 Å². The van der Waals surface area contributed by atoms with Crippen LogP contribution < -0.4 is 14.8 Å². The van der Waals surface area contributed by atoms with Gasteiger partial charge in [-0.1, -0.05) is 6.42 Å². The normalized spacial score (nSPS) is 16.7. The molecule has 0 unspecified atom stereocenters. The Hall–Kier alpha value is -3.23. The summed E-state index contributed by atoms with van der Waals surface area (Å²) in [6.45, 7) is 2.46. The van der Waals surface area contributed by atoms with Gasteiger partial charge in [-0.15, -0.1) is 0 Å². The molecule has 2 aliphatic carbocycles. The standard InChI is InChI=1S/C23H29N7O2/c1-15-20(31-16-6-4-3-5-7-16)14-25-22(28-15)18-12-27-30(2)19(18)13-26-23-24-11-10-21(29-23)32-17-8-9-17/h10-12,14,16-17H,3-9,13H2,1-2H3,(H,24,26,29). The molecular weight excluding hydrogens is 406 g/mol. The van der Waals surface area contributed by atoms with Gasteiger partial charge in [-0.25, -0.2) is 15.0 Å². The molecule has 3 heterocycles. The van der Waals surface area contributed by atoms with E-state index in [0.717, 1.165) is 48.4 Å². The van der Waals surface area contributed by atoms with Crippen molar-refractivity contribution in [1.82, 2.24) is 29.7 Å². The summed E-state index contributed by atoms with van der Waals surface area (Å²) in [5, 5.41) is 7.68. The minimum Gasteiger partial charge on any atom is -0.487 e. The first-order valence-electron chi connectivity index (χ1n) is 11.4. The summed E-state index contributed by atoms with van der Waals surface area (Å²) in [4.78, 5) is 18.1. The van der Waals surface area contributed by atoms with Crippen molar-refractivity contribution in [3.8, 4) is 23.0 Å². The average molecular weight is 436 g/mol. The van der Waals surface area contributed by atoms with Crippen LogP contribution in [-0.4, -0.2) is 41.9 Å². The first-order chi connectivity index (χ1) is 15.7. The fraction of sp³-hybridized carbons (Fsp3) is 0.522. The summed E-state index contributed by atoms with van der Waals surface area (Å²) in [5.41, 5.74) is 2.66. The smallest absolute Gasteiger partial charge is 0.226 e. The molecule has 9 heteroatoms. The number of hydrogen-bond donors (Lipinski definition) is 1. The highest BCUT2D eigenvalue weighted by molar-refractivity contribution is 5.58. The van der Waals surface area contributed by atoms with Crippen LogP contribution in [0.5, 0.6) is 11.6 Å². The summed E-state index contributed by atoms with van der Waals surface area (Å²) < 4.78 is 13.7. The minimum atomic E-state index is 0.273. The van der Waals surface area contributed by atoms with E-state index in [1.165, 1.54) is 19.3 Å². The fourth-order valence-electron chi connectivity index (χ4n) is 3.94. The lowest BCUT2D eigenvalue weighted by Gasteiger charge is -2.23. The largest absolute Gasteiger partial charge is 0.487 e. The second-order valence-electron chi connectivity index (χ2n) is 8.54. The molecule has 0 radical (unpaired) electrons. The first-order valence-corrected chi connectivity index (χ1v) is 11.4. The average Bonchev–Trinajstić information content (AvgIpc) is 3.54. The van der Waals surface area contributed by atoms with Gasteiger partial charge in [0.15, 0.2) is 11.6 Å². The van der Waals surface area contributed by atoms with Crippen molar-refractivity contribution in [2.24, 2.45) is 7.05 Å². The molecule has 1 N–H and O–H groups in total. The van der Waals surface area contributed by atoms with Crippen LogP contribution in [0.1, 0.15) is 56.3 Å². The number of ether oxygens (including phenoxy) is 2. The quantitative estimate of drug-likeness (QED) is 0.570. The third kappa shape index (κ3) is 4.81. The molecule has 2 fully saturated rings. The van der Waals surface area contributed by atoms with E-state index < -0.39 is 0 Å². The molecule has 0 bridgehead atoms. The molecular formula is C23H29N7O2. The lowest BCUT2D eigenvalue weighted by atomic mass is 9.98. The van der Waals surface area contributed by atoms with Crippen molar-refractivity contribution in [1.29, 1.82) is 0 Å². The summed E-state index contributed by atoms with van der Waals surface area (Å²) in [5.74, 6) is 2.52. The van der Waals surface area contributed by atoms with E-state index in [1.54, 1.807) is 24.7 Å². The van der Waals surface area contributed by atoms with Gasteiger partial charge in [-0.2, -0.15) is 10.1 Å². The van der Waals surface area contributed by atoms with Crippen LogP contribution in [-0.2, 0) is 13.6 Å². The monoisotopic (exact) mass is 435 g/mol. The second-order valence-corrected chi connectivity index (χ2v) is 8.54. The Balaban J connectivity index is 1.29. The molecule has 5 rings (SSSR count). The van der Waals surface area contributed by atoms with Crippen LogP contribution in [0.15, 0.2) is 24.7 Å². The highest BCUT2D eigenvalue weighted by Crippen LogP contribution is 2.28. The Morgan fingerprint density at radius 2 is 1.81 bits per heavy atom. The molecule has 0 atom stereocenters. The second kappa shape index (κ2) is 9.10. The summed E-state index contributed by atoms with van der Waals surface area (Å²) >= 11 is 0. The van der Waals surface area contributed by atoms with Crippen LogP contribution in [0.25, 0.3) is 11.4 Å². The number of aryl methyl sites for hydroxylation is 2. The van der Waals surface area contributed by atoms with Crippen molar-refractivity contribution >= 4 is 5.95 Å². The zero-order chi connectivity index (χ0) is 21.9. The van der Waals surface area contributed by atoms with Gasteiger partial charge in [-0.05, 0) is 45.4 Å². The van der Waals surface area contributed by atoms with E-state index in [9.17, 15) is 0 Å². The van der Waals surface area contributed by atoms with E-state index in [-0.39, 0.29) is 6.10 Å². The third-order valence-corrected chi connectivity index (χ3v) is 5.94. The van der Waals surface area contributed by atoms with Crippen molar-refractivity contribution in [2.45, 2.75) is 70.6 Å². The van der Waals surface area contributed by atoms with Crippen LogP contribution in [0.2, 0.25) is 0 Å². The highest BCUT2D eigenvalue weighted by Gasteiger charge is 2.24. The van der Waals surface area contributed by atoms with Crippen molar-refractivity contribution in [2.75, 3.05) is 5.32 Å². The van der Waals surface area contributed by atoms with Gasteiger partial charge in [0.2, 0.25) is 11.8 Å². The number of aromatic nitrogens is 6. The Bertz CT molecular complexity index is 1070. The number of nitrogens with one attached hydrogen (secondary N) is 1. The van der Waals surface area contributed by atoms with Crippen molar-refractivity contribution < 1.29 is 9.47 Å². The molecule has 0 aromatic carbocycles. The van der Waals surface area contributed by atoms with E-state index in [2.05, 4.69) is 25.4 Å². The zero-order valence-corrected chi connectivity index (χ0v) is 18.6. The van der Waals surface area contributed by atoms with Gasteiger partial charge in [0.05, 0.1) is 42.0 Å². The van der Waals surface area contributed by atoms with Gasteiger partial charge in [0.25, 0.3) is 0 Å². The van der Waals surface area contributed by atoms with Crippen molar-refractivity contribution in [3.05, 3.63) is 36.0 Å². The molecule has 0 saturated heterocycles. The molecule has 32 heavy (non-hydrogen) atoms. The molecule has 2 saturated carbocycles. The highest BCUT2D eigenvalue weighted by atomic mass is 16.5. The number of nitrogens with zero attached hydrogens (tertiary/aromatic N) is 6. The van der Waals surface area contributed by atoms with Gasteiger partial charge in [0, 0.05) is 19.3 Å². The lowest BCUT2D eigenvalue weighted by Crippen LogP contribution is -2.20. The number of rotatable bonds is 8. The van der Waals surface area contributed by atoms with E-state index in [0.29, 0.717) is 30.3 Å². The maximum absolute atomic E-state index is 6.17. The van der Waals surface area contributed by atoms with Crippen molar-refractivity contribution in [3.63, 3.8) is 0 Å². The molecule has 0 aliphatic heterocycles. The predicted octanol–water partition coefficient (Wildman–Crippen LogP) is 3.84. The maximum Gasteiger partial charge on any atom is 0.226 e. The molecule has 3 aromatic rings. The number of anilines is 1. The Labute approximate surface area is 187 Å². The Kier molecular flexibility index (Phi) is 5.87. The summed E-state index contributed by atoms with van der Waals surface area (Å²) in [7, 11) is 1.90. The first kappa shape index (κ1) is 20.7. The van der Waals surface area contributed by atoms with Gasteiger partial charge < -0.3 is 14.8 Å². The predicted molar refractivity (Wildman–Crippen MR) is 119 cm³/mol. The van der Waals surface area contributed by atoms with Gasteiger partial charge in [-0.3, -0.25) is 4.68 Å². The molecule has 2 aliphatic rings. The van der Waals surface area contributed by atoms with Crippen LogP contribution in [0, 0.1) is 6.92 Å². The number of hydrogen-bond acceptors (Lipinski definition) is 8. The van der Waals surface area contributed by atoms with Crippen LogP contribution >= 0.6 is 0 Å². The van der Waals surface area contributed by atoms with Crippen LogP contribution in [0.4, 0.5) is 5.95 Å². The van der Waals surface area contributed by atoms with Gasteiger partial charge in [0.1, 0.15) is 6.10 Å². The van der Waals surface area contributed by atoms with Gasteiger partial charge >= 0.3 is 0 Å². The lowest BCUT2D eigenvalue weighted by molar-refractivity contribution is 0.152. The maximum atomic E-state index is 6.17. The summed E-state index contributed by atoms with van der Waals surface area (Å²) in [6.07, 6.45) is 14.0. The third-order valence-electron chi connectivity index (χ3n) is 5.94. The molecule has 9 nitrogen and oxygen atoms in total. The van der Waals surface area contributed by atoms with E-state index in [4.69, 9.17) is 14.5 Å². The molecule has 3 aromatic heterocycles. The summed E-state index contributed by atoms with van der Waals surface area (Å²) in [6, 6.07) is 1.78. The van der Waals surface area contributed by atoms with E-state index >= 15 is 0 Å².